The number of benzene rings is 2. The lowest BCUT2D eigenvalue weighted by Gasteiger charge is -2.30. The van der Waals surface area contributed by atoms with Crippen LogP contribution in [0.1, 0.15) is 28.8 Å². The van der Waals surface area contributed by atoms with Crippen LogP contribution in [0.2, 0.25) is 5.02 Å². The van der Waals surface area contributed by atoms with Crippen LogP contribution in [0.25, 0.3) is 5.57 Å². The van der Waals surface area contributed by atoms with Crippen LogP contribution in [-0.2, 0) is 4.74 Å². The summed E-state index contributed by atoms with van der Waals surface area (Å²) < 4.78 is 5.78. The van der Waals surface area contributed by atoms with Crippen LogP contribution in [-0.4, -0.2) is 42.9 Å². The van der Waals surface area contributed by atoms with Gasteiger partial charge in [0, 0.05) is 29.2 Å². The molecule has 0 N–H and O–H groups in total. The van der Waals surface area contributed by atoms with Gasteiger partial charge in [-0.05, 0) is 42.7 Å². The second-order valence-electron chi connectivity index (χ2n) is 6.68. The van der Waals surface area contributed by atoms with E-state index in [9.17, 15) is 4.79 Å². The molecule has 0 aliphatic carbocycles. The lowest BCUT2D eigenvalue weighted by atomic mass is 9.92. The molecule has 0 atom stereocenters. The zero-order valence-corrected chi connectivity index (χ0v) is 15.8. The summed E-state index contributed by atoms with van der Waals surface area (Å²) in [7, 11) is 0. The van der Waals surface area contributed by atoms with Crippen molar-refractivity contribution in [3.63, 3.8) is 0 Å². The topological polar surface area (TPSA) is 41.9 Å². The summed E-state index contributed by atoms with van der Waals surface area (Å²) in [5.74, 6) is 0.801. The molecule has 0 aromatic heterocycles. The largest absolute Gasteiger partial charge is 0.475 e. The predicted molar refractivity (Wildman–Crippen MR) is 108 cm³/mol. The second kappa shape index (κ2) is 7.97. The second-order valence-corrected chi connectivity index (χ2v) is 7.12. The Morgan fingerprint density at radius 2 is 1.67 bits per heavy atom. The number of hydrogen-bond donors (Lipinski definition) is 0. The van der Waals surface area contributed by atoms with Crippen LogP contribution in [0.5, 0.6) is 0 Å². The Labute approximate surface area is 164 Å². The maximum Gasteiger partial charge on any atom is 0.253 e. The van der Waals surface area contributed by atoms with E-state index in [1.165, 1.54) is 5.57 Å². The number of carbonyl (C=O) groups excluding carboxylic acids is 1. The van der Waals surface area contributed by atoms with Gasteiger partial charge < -0.3 is 9.64 Å². The van der Waals surface area contributed by atoms with Gasteiger partial charge in [0.2, 0.25) is 5.90 Å². The molecule has 1 saturated heterocycles. The van der Waals surface area contributed by atoms with Crippen molar-refractivity contribution >= 4 is 29.0 Å². The van der Waals surface area contributed by atoms with Gasteiger partial charge in [-0.3, -0.25) is 4.79 Å². The van der Waals surface area contributed by atoms with Gasteiger partial charge in [-0.1, -0.05) is 47.5 Å². The molecule has 0 bridgehead atoms. The van der Waals surface area contributed by atoms with Crippen LogP contribution in [0.3, 0.4) is 0 Å². The molecule has 4 rings (SSSR count). The van der Waals surface area contributed by atoms with Crippen LogP contribution < -0.4 is 0 Å². The number of carbonyl (C=O) groups is 1. The molecule has 0 saturated carbocycles. The third-order valence-electron chi connectivity index (χ3n) is 4.96. The molecule has 27 heavy (non-hydrogen) atoms. The zero-order chi connectivity index (χ0) is 18.6. The summed E-state index contributed by atoms with van der Waals surface area (Å²) in [5.41, 5.74) is 4.22. The number of amides is 1. The number of halogens is 1. The zero-order valence-electron chi connectivity index (χ0n) is 15.0. The lowest BCUT2D eigenvalue weighted by Crippen LogP contribution is -2.36. The van der Waals surface area contributed by atoms with Gasteiger partial charge in [0.15, 0.2) is 0 Å². The molecule has 0 spiro atoms. The van der Waals surface area contributed by atoms with E-state index < -0.39 is 0 Å². The fraction of sp³-hybridized carbons (Fsp3) is 0.273. The molecule has 138 valence electrons. The van der Waals surface area contributed by atoms with Gasteiger partial charge in [-0.2, -0.15) is 0 Å². The van der Waals surface area contributed by atoms with Crippen molar-refractivity contribution < 1.29 is 9.53 Å². The van der Waals surface area contributed by atoms with Crippen molar-refractivity contribution in [2.45, 2.75) is 12.8 Å². The highest BCUT2D eigenvalue weighted by atomic mass is 35.5. The summed E-state index contributed by atoms with van der Waals surface area (Å²) >= 11 is 5.92. The van der Waals surface area contributed by atoms with Crippen LogP contribution in [0.15, 0.2) is 65.2 Å². The van der Waals surface area contributed by atoms with Crippen LogP contribution in [0, 0.1) is 0 Å². The molecule has 1 fully saturated rings. The van der Waals surface area contributed by atoms with Crippen molar-refractivity contribution in [3.05, 3.63) is 76.3 Å². The van der Waals surface area contributed by atoms with Gasteiger partial charge in [0.25, 0.3) is 5.91 Å². The van der Waals surface area contributed by atoms with E-state index in [0.717, 1.165) is 29.9 Å². The number of ether oxygens (including phenoxy) is 1. The first-order chi connectivity index (χ1) is 13.2. The Hall–Kier alpha value is -2.59. The fourth-order valence-corrected chi connectivity index (χ4v) is 3.70. The first kappa shape index (κ1) is 17.8. The highest BCUT2D eigenvalue weighted by molar-refractivity contribution is 6.30. The predicted octanol–water partition coefficient (Wildman–Crippen LogP) is 4.46. The number of likely N-dealkylation sites (tertiary alicyclic amines) is 1. The summed E-state index contributed by atoms with van der Waals surface area (Å²) in [6.45, 7) is 2.74. The van der Waals surface area contributed by atoms with Gasteiger partial charge in [0.1, 0.15) is 6.61 Å². The molecule has 2 aromatic carbocycles. The lowest BCUT2D eigenvalue weighted by molar-refractivity contribution is 0.0744. The molecule has 2 aliphatic heterocycles. The highest BCUT2D eigenvalue weighted by Gasteiger charge is 2.25. The number of hydrogen-bond acceptors (Lipinski definition) is 3. The van der Waals surface area contributed by atoms with E-state index in [4.69, 9.17) is 16.3 Å². The molecular formula is C22H21ClN2O2. The Bertz CT molecular complexity index is 878. The number of rotatable bonds is 3. The maximum absolute atomic E-state index is 12.7. The third kappa shape index (κ3) is 3.91. The van der Waals surface area contributed by atoms with Crippen molar-refractivity contribution in [1.82, 2.24) is 4.90 Å². The molecular weight excluding hydrogens is 360 g/mol. The van der Waals surface area contributed by atoms with Crippen molar-refractivity contribution in [2.75, 3.05) is 26.2 Å². The van der Waals surface area contributed by atoms with Gasteiger partial charge >= 0.3 is 0 Å². The quantitative estimate of drug-likeness (QED) is 0.788. The summed E-state index contributed by atoms with van der Waals surface area (Å²) in [4.78, 5) is 19.2. The molecule has 1 amide bonds. The SMILES string of the molecule is O=C(c1ccc(Cl)cc1)N1CCC(=C(C2=NCCO2)c2ccccc2)CC1. The Balaban J connectivity index is 1.55. The molecule has 4 nitrogen and oxygen atoms in total. The summed E-state index contributed by atoms with van der Waals surface area (Å²) in [6, 6.07) is 17.3. The van der Waals surface area contributed by atoms with E-state index in [0.29, 0.717) is 36.8 Å². The average Bonchev–Trinajstić information content (AvgIpc) is 3.24. The molecule has 0 radical (unpaired) electrons. The minimum Gasteiger partial charge on any atom is -0.475 e. The number of aliphatic imine (C=N–C) groups is 1. The monoisotopic (exact) mass is 380 g/mol. The minimum atomic E-state index is 0.0569. The fourth-order valence-electron chi connectivity index (χ4n) is 3.57. The van der Waals surface area contributed by atoms with E-state index in [-0.39, 0.29) is 5.91 Å². The molecule has 2 aromatic rings. The van der Waals surface area contributed by atoms with Gasteiger partial charge in [0.05, 0.1) is 6.54 Å². The Kier molecular flexibility index (Phi) is 5.26. The highest BCUT2D eigenvalue weighted by Crippen LogP contribution is 2.30. The Morgan fingerprint density at radius 3 is 2.30 bits per heavy atom. The van der Waals surface area contributed by atoms with E-state index in [1.807, 2.05) is 23.1 Å². The Morgan fingerprint density at radius 1 is 0.963 bits per heavy atom. The average molecular weight is 381 g/mol. The molecule has 2 heterocycles. The summed E-state index contributed by atoms with van der Waals surface area (Å²) in [5, 5.41) is 0.639. The smallest absolute Gasteiger partial charge is 0.253 e. The molecule has 2 aliphatic rings. The van der Waals surface area contributed by atoms with E-state index in [2.05, 4.69) is 17.1 Å². The number of nitrogens with zero attached hydrogens (tertiary/aromatic N) is 2. The van der Waals surface area contributed by atoms with Crippen molar-refractivity contribution in [3.8, 4) is 0 Å². The van der Waals surface area contributed by atoms with Crippen molar-refractivity contribution in [2.24, 2.45) is 4.99 Å². The van der Waals surface area contributed by atoms with Crippen LogP contribution >= 0.6 is 11.6 Å². The van der Waals surface area contributed by atoms with Gasteiger partial charge in [-0.15, -0.1) is 0 Å². The van der Waals surface area contributed by atoms with Gasteiger partial charge in [-0.25, -0.2) is 4.99 Å². The first-order valence-corrected chi connectivity index (χ1v) is 9.60. The number of piperidine rings is 1. The first-order valence-electron chi connectivity index (χ1n) is 9.22. The maximum atomic E-state index is 12.7. The van der Waals surface area contributed by atoms with E-state index in [1.54, 1.807) is 24.3 Å². The standard InChI is InChI=1S/C22H21ClN2O2/c23-19-8-6-18(7-9-19)22(26)25-13-10-17(11-14-25)20(21-24-12-15-27-21)16-4-2-1-3-5-16/h1-9H,10-15H2. The minimum absolute atomic E-state index is 0.0569. The molecule has 5 heteroatoms. The van der Waals surface area contributed by atoms with Crippen molar-refractivity contribution in [1.29, 1.82) is 0 Å². The van der Waals surface area contributed by atoms with Crippen LogP contribution in [0.4, 0.5) is 0 Å². The molecule has 0 unspecified atom stereocenters. The normalized spacial score (nSPS) is 16.7. The third-order valence-corrected chi connectivity index (χ3v) is 5.21. The van der Waals surface area contributed by atoms with E-state index >= 15 is 0 Å². The summed E-state index contributed by atoms with van der Waals surface area (Å²) in [6.07, 6.45) is 1.65.